The number of carbonyl (C=O) groups is 3. The number of aliphatic hydroxyl groups is 1. The fourth-order valence-electron chi connectivity index (χ4n) is 3.59. The Morgan fingerprint density at radius 3 is 1.55 bits per heavy atom. The molecule has 0 rings (SSSR count). The van der Waals surface area contributed by atoms with E-state index in [-0.39, 0.29) is 37.4 Å². The van der Waals surface area contributed by atoms with Gasteiger partial charge < -0.3 is 19.3 Å². The van der Waals surface area contributed by atoms with Crippen LogP contribution in [0.1, 0.15) is 111 Å². The Kier molecular flexibility index (Phi) is 21.1. The fourth-order valence-corrected chi connectivity index (χ4v) is 3.59. The van der Waals surface area contributed by atoms with Crippen LogP contribution in [0.3, 0.4) is 0 Å². The molecule has 0 saturated carbocycles. The largest absolute Gasteiger partial charge is 0.465 e. The summed E-state index contributed by atoms with van der Waals surface area (Å²) in [7, 11) is 0. The number of hydrogen-bond donors (Lipinski definition) is 1. The van der Waals surface area contributed by atoms with E-state index in [1.54, 1.807) is 0 Å². The topological polar surface area (TPSA) is 99.1 Å². The van der Waals surface area contributed by atoms with Gasteiger partial charge in [0.15, 0.2) is 0 Å². The van der Waals surface area contributed by atoms with E-state index >= 15 is 0 Å². The Morgan fingerprint density at radius 2 is 1.11 bits per heavy atom. The van der Waals surface area contributed by atoms with Gasteiger partial charge in [-0.05, 0) is 46.0 Å². The molecule has 0 fully saturated rings. The molecule has 0 aromatic carbocycles. The van der Waals surface area contributed by atoms with Gasteiger partial charge in [-0.3, -0.25) is 4.79 Å². The highest BCUT2D eigenvalue weighted by molar-refractivity contribution is 5.87. The van der Waals surface area contributed by atoms with Crippen molar-refractivity contribution in [3.63, 3.8) is 0 Å². The minimum atomic E-state index is -1.27. The Morgan fingerprint density at radius 1 is 0.684 bits per heavy atom. The van der Waals surface area contributed by atoms with Crippen LogP contribution in [0.2, 0.25) is 0 Å². The minimum Gasteiger partial charge on any atom is -0.465 e. The molecule has 0 aliphatic rings. The lowest BCUT2D eigenvalue weighted by atomic mass is 9.92. The smallest absolute Gasteiger partial charge is 0.333 e. The highest BCUT2D eigenvalue weighted by Crippen LogP contribution is 2.21. The van der Waals surface area contributed by atoms with Crippen molar-refractivity contribution in [1.82, 2.24) is 0 Å². The Labute approximate surface area is 230 Å². The SMILES string of the molecule is C=C(C)C(=O)OCC(CO)(COC(=O)CCCCCCCC=CCCCCCCCC)COC(=O)C(=C)C. The highest BCUT2D eigenvalue weighted by Gasteiger charge is 2.35. The maximum absolute atomic E-state index is 12.3. The third-order valence-corrected chi connectivity index (χ3v) is 6.23. The van der Waals surface area contributed by atoms with Crippen molar-refractivity contribution in [1.29, 1.82) is 0 Å². The molecule has 7 nitrogen and oxygen atoms in total. The summed E-state index contributed by atoms with van der Waals surface area (Å²) in [5.41, 5.74) is -0.886. The third-order valence-electron chi connectivity index (χ3n) is 6.23. The molecule has 1 N–H and O–H groups in total. The standard InChI is InChI=1S/C31H52O7/c1-6-7-8-9-10-11-12-13-14-15-16-17-18-19-20-21-28(33)36-23-31(22-32,24-37-29(34)26(2)3)25-38-30(35)27(4)5/h13-14,32H,2,4,6-12,15-25H2,1,3,5H3. The first-order valence-electron chi connectivity index (χ1n) is 14.2. The molecule has 218 valence electrons. The van der Waals surface area contributed by atoms with E-state index in [9.17, 15) is 19.5 Å². The second kappa shape index (κ2) is 22.6. The molecule has 0 bridgehead atoms. The molecule has 7 heteroatoms. The lowest BCUT2D eigenvalue weighted by molar-refractivity contribution is -0.162. The first kappa shape index (κ1) is 35.6. The van der Waals surface area contributed by atoms with E-state index in [0.717, 1.165) is 32.1 Å². The van der Waals surface area contributed by atoms with Crippen LogP contribution in [-0.2, 0) is 28.6 Å². The maximum Gasteiger partial charge on any atom is 0.333 e. The highest BCUT2D eigenvalue weighted by atomic mass is 16.6. The van der Waals surface area contributed by atoms with Crippen molar-refractivity contribution < 1.29 is 33.7 Å². The summed E-state index contributed by atoms with van der Waals surface area (Å²) in [6.45, 7) is 10.9. The molecule has 0 aliphatic heterocycles. The van der Waals surface area contributed by atoms with Crippen LogP contribution in [-0.4, -0.2) is 49.4 Å². The number of aliphatic hydroxyl groups excluding tert-OH is 1. The number of allylic oxidation sites excluding steroid dienone is 2. The van der Waals surface area contributed by atoms with E-state index in [2.05, 4.69) is 32.2 Å². The van der Waals surface area contributed by atoms with Gasteiger partial charge in [0.1, 0.15) is 19.8 Å². The van der Waals surface area contributed by atoms with Crippen molar-refractivity contribution in [2.75, 3.05) is 26.4 Å². The number of carbonyl (C=O) groups excluding carboxylic acids is 3. The molecule has 0 aromatic rings. The summed E-state index contributed by atoms with van der Waals surface area (Å²) in [6.07, 6.45) is 20.1. The molecule has 0 amide bonds. The molecule has 0 unspecified atom stereocenters. The predicted molar refractivity (Wildman–Crippen MR) is 151 cm³/mol. The Balaban J connectivity index is 4.22. The zero-order chi connectivity index (χ0) is 28.7. The van der Waals surface area contributed by atoms with E-state index in [1.807, 2.05) is 0 Å². The first-order valence-corrected chi connectivity index (χ1v) is 14.2. The second-order valence-corrected chi connectivity index (χ2v) is 10.4. The number of esters is 3. The van der Waals surface area contributed by atoms with Crippen molar-refractivity contribution in [3.05, 3.63) is 36.5 Å². The lowest BCUT2D eigenvalue weighted by Crippen LogP contribution is -2.42. The van der Waals surface area contributed by atoms with E-state index in [4.69, 9.17) is 14.2 Å². The number of rotatable bonds is 24. The Hall–Kier alpha value is -2.41. The molecule has 0 spiro atoms. The van der Waals surface area contributed by atoms with E-state index < -0.39 is 29.9 Å². The summed E-state index contributed by atoms with van der Waals surface area (Å²) in [4.78, 5) is 35.9. The van der Waals surface area contributed by atoms with Gasteiger partial charge in [0.05, 0.1) is 12.0 Å². The molecule has 0 radical (unpaired) electrons. The van der Waals surface area contributed by atoms with Crippen molar-refractivity contribution in [2.24, 2.45) is 5.41 Å². The van der Waals surface area contributed by atoms with Gasteiger partial charge >= 0.3 is 17.9 Å². The molecule has 38 heavy (non-hydrogen) atoms. The number of ether oxygens (including phenoxy) is 3. The molecule has 0 saturated heterocycles. The Bertz CT molecular complexity index is 709. The van der Waals surface area contributed by atoms with E-state index in [0.29, 0.717) is 6.42 Å². The van der Waals surface area contributed by atoms with Gasteiger partial charge in [0.2, 0.25) is 0 Å². The van der Waals surface area contributed by atoms with Crippen LogP contribution in [0.25, 0.3) is 0 Å². The fraction of sp³-hybridized carbons (Fsp3) is 0.710. The van der Waals surface area contributed by atoms with Gasteiger partial charge in [0.25, 0.3) is 0 Å². The van der Waals surface area contributed by atoms with Crippen LogP contribution in [0.4, 0.5) is 0 Å². The van der Waals surface area contributed by atoms with Crippen LogP contribution < -0.4 is 0 Å². The average Bonchev–Trinajstić information content (AvgIpc) is 2.90. The minimum absolute atomic E-state index is 0.192. The average molecular weight is 537 g/mol. The second-order valence-electron chi connectivity index (χ2n) is 10.4. The monoisotopic (exact) mass is 536 g/mol. The molecule has 0 aliphatic carbocycles. The summed E-state index contributed by atoms with van der Waals surface area (Å²) >= 11 is 0. The first-order chi connectivity index (χ1) is 18.2. The molecule has 0 heterocycles. The van der Waals surface area contributed by atoms with Gasteiger partial charge in [-0.2, -0.15) is 0 Å². The summed E-state index contributed by atoms with van der Waals surface area (Å²) < 4.78 is 15.7. The zero-order valence-corrected chi connectivity index (χ0v) is 24.2. The summed E-state index contributed by atoms with van der Waals surface area (Å²) in [5, 5.41) is 9.99. The normalized spacial score (nSPS) is 11.4. The van der Waals surface area contributed by atoms with Gasteiger partial charge in [-0.1, -0.05) is 83.6 Å². The predicted octanol–water partition coefficient (Wildman–Crippen LogP) is 6.78. The number of hydrogen-bond acceptors (Lipinski definition) is 7. The zero-order valence-electron chi connectivity index (χ0n) is 24.2. The quantitative estimate of drug-likeness (QED) is 0.0477. The summed E-state index contributed by atoms with van der Waals surface area (Å²) in [6, 6.07) is 0. The lowest BCUT2D eigenvalue weighted by Gasteiger charge is -2.30. The van der Waals surface area contributed by atoms with E-state index in [1.165, 1.54) is 58.8 Å². The molecular formula is C31H52O7. The van der Waals surface area contributed by atoms with Crippen LogP contribution in [0, 0.1) is 5.41 Å². The van der Waals surface area contributed by atoms with Crippen molar-refractivity contribution >= 4 is 17.9 Å². The third kappa shape index (κ3) is 18.8. The van der Waals surface area contributed by atoms with Gasteiger partial charge in [-0.15, -0.1) is 0 Å². The maximum atomic E-state index is 12.3. The summed E-state index contributed by atoms with van der Waals surface area (Å²) in [5.74, 6) is -1.69. The van der Waals surface area contributed by atoms with Gasteiger partial charge in [-0.25, -0.2) is 9.59 Å². The van der Waals surface area contributed by atoms with Crippen LogP contribution in [0.15, 0.2) is 36.5 Å². The van der Waals surface area contributed by atoms with Crippen LogP contribution >= 0.6 is 0 Å². The van der Waals surface area contributed by atoms with Gasteiger partial charge in [0, 0.05) is 17.6 Å². The van der Waals surface area contributed by atoms with Crippen molar-refractivity contribution in [3.8, 4) is 0 Å². The molecular weight excluding hydrogens is 484 g/mol. The number of unbranched alkanes of at least 4 members (excludes halogenated alkanes) is 11. The molecule has 0 aromatic heterocycles. The molecule has 0 atom stereocenters. The van der Waals surface area contributed by atoms with Crippen molar-refractivity contribution in [2.45, 2.75) is 111 Å². The van der Waals surface area contributed by atoms with Crippen LogP contribution in [0.5, 0.6) is 0 Å².